The third-order valence-corrected chi connectivity index (χ3v) is 5.73. The molecule has 0 N–H and O–H groups in total. The van der Waals surface area contributed by atoms with E-state index >= 15 is 0 Å². The van der Waals surface area contributed by atoms with E-state index in [1.807, 2.05) is 78.7 Å². The van der Waals surface area contributed by atoms with E-state index in [1.165, 1.54) is 0 Å². The second-order valence-electron chi connectivity index (χ2n) is 7.01. The molecular formula is C25H29NO4S. The van der Waals surface area contributed by atoms with E-state index in [0.717, 1.165) is 21.8 Å². The molecule has 0 saturated carbocycles. The standard InChI is InChI=1S/C25H29NO4S/c1-4-26(25(27)16-19-8-11-21(12-9-19)29-5-2)17-20-10-13-23(24(15-20)28-3)30-18-22-7-6-14-31-22/h6-15H,4-5,16-18H2,1-3H3. The molecule has 0 spiro atoms. The number of nitrogens with zero attached hydrogens (tertiary/aromatic N) is 1. The normalized spacial score (nSPS) is 10.5. The van der Waals surface area contributed by atoms with Crippen molar-refractivity contribution in [2.24, 2.45) is 0 Å². The van der Waals surface area contributed by atoms with Gasteiger partial charge in [-0.2, -0.15) is 0 Å². The number of amides is 1. The van der Waals surface area contributed by atoms with E-state index in [4.69, 9.17) is 14.2 Å². The molecule has 3 rings (SSSR count). The second-order valence-corrected chi connectivity index (χ2v) is 8.05. The molecule has 0 atom stereocenters. The molecule has 31 heavy (non-hydrogen) atoms. The molecule has 0 aliphatic rings. The molecule has 0 saturated heterocycles. The van der Waals surface area contributed by atoms with Crippen LogP contribution in [0.4, 0.5) is 0 Å². The highest BCUT2D eigenvalue weighted by Crippen LogP contribution is 2.30. The van der Waals surface area contributed by atoms with E-state index in [0.29, 0.717) is 44.2 Å². The van der Waals surface area contributed by atoms with Gasteiger partial charge in [-0.1, -0.05) is 24.3 Å². The maximum Gasteiger partial charge on any atom is 0.227 e. The fraction of sp³-hybridized carbons (Fsp3) is 0.320. The smallest absolute Gasteiger partial charge is 0.227 e. The Morgan fingerprint density at radius 3 is 2.39 bits per heavy atom. The molecular weight excluding hydrogens is 410 g/mol. The molecule has 1 heterocycles. The lowest BCUT2D eigenvalue weighted by Gasteiger charge is -2.22. The number of likely N-dealkylation sites (N-methyl/N-ethyl adjacent to an activating group) is 1. The van der Waals surface area contributed by atoms with Crippen LogP contribution in [-0.4, -0.2) is 31.1 Å². The van der Waals surface area contributed by atoms with Crippen molar-refractivity contribution in [2.75, 3.05) is 20.3 Å². The number of carbonyl (C=O) groups excluding carboxylic acids is 1. The van der Waals surface area contributed by atoms with Crippen molar-refractivity contribution in [3.63, 3.8) is 0 Å². The van der Waals surface area contributed by atoms with Gasteiger partial charge in [0.05, 0.1) is 20.1 Å². The van der Waals surface area contributed by atoms with Gasteiger partial charge in [-0.05, 0) is 60.7 Å². The van der Waals surface area contributed by atoms with Crippen LogP contribution in [0.25, 0.3) is 0 Å². The van der Waals surface area contributed by atoms with Crippen molar-refractivity contribution in [3.05, 3.63) is 76.0 Å². The molecule has 164 valence electrons. The lowest BCUT2D eigenvalue weighted by atomic mass is 10.1. The summed E-state index contributed by atoms with van der Waals surface area (Å²) in [5.74, 6) is 2.27. The van der Waals surface area contributed by atoms with E-state index < -0.39 is 0 Å². The molecule has 0 radical (unpaired) electrons. The molecule has 0 fully saturated rings. The van der Waals surface area contributed by atoms with Crippen molar-refractivity contribution >= 4 is 17.2 Å². The molecule has 1 amide bonds. The topological polar surface area (TPSA) is 48.0 Å². The quantitative estimate of drug-likeness (QED) is 0.405. The first-order valence-corrected chi connectivity index (χ1v) is 11.3. The first kappa shape index (κ1) is 22.7. The van der Waals surface area contributed by atoms with Gasteiger partial charge < -0.3 is 19.1 Å². The van der Waals surface area contributed by atoms with Crippen LogP contribution in [0.5, 0.6) is 17.2 Å². The summed E-state index contributed by atoms with van der Waals surface area (Å²) in [5, 5.41) is 2.03. The number of hydrogen-bond donors (Lipinski definition) is 0. The van der Waals surface area contributed by atoms with E-state index in [-0.39, 0.29) is 5.91 Å². The van der Waals surface area contributed by atoms with Crippen LogP contribution < -0.4 is 14.2 Å². The van der Waals surface area contributed by atoms with Crippen LogP contribution in [0.15, 0.2) is 60.0 Å². The molecule has 3 aromatic rings. The first-order chi connectivity index (χ1) is 15.1. The van der Waals surface area contributed by atoms with Gasteiger partial charge in [0.15, 0.2) is 11.5 Å². The minimum Gasteiger partial charge on any atom is -0.494 e. The van der Waals surface area contributed by atoms with Crippen LogP contribution in [0, 0.1) is 0 Å². The molecule has 6 heteroatoms. The zero-order chi connectivity index (χ0) is 22.1. The highest BCUT2D eigenvalue weighted by molar-refractivity contribution is 7.09. The summed E-state index contributed by atoms with van der Waals surface area (Å²) in [6.45, 7) is 6.24. The van der Waals surface area contributed by atoms with Gasteiger partial charge in [0.1, 0.15) is 12.4 Å². The van der Waals surface area contributed by atoms with Crippen LogP contribution in [-0.2, 0) is 24.4 Å². The first-order valence-electron chi connectivity index (χ1n) is 10.4. The molecule has 0 bridgehead atoms. The number of rotatable bonds is 11. The van der Waals surface area contributed by atoms with E-state index in [9.17, 15) is 4.79 Å². The Balaban J connectivity index is 1.62. The zero-order valence-electron chi connectivity index (χ0n) is 18.3. The Labute approximate surface area is 188 Å². The maximum atomic E-state index is 12.9. The third-order valence-electron chi connectivity index (χ3n) is 4.88. The van der Waals surface area contributed by atoms with Crippen molar-refractivity contribution < 1.29 is 19.0 Å². The average molecular weight is 440 g/mol. The number of carbonyl (C=O) groups is 1. The Kier molecular flexibility index (Phi) is 8.35. The van der Waals surface area contributed by atoms with Crippen molar-refractivity contribution in [3.8, 4) is 17.2 Å². The van der Waals surface area contributed by atoms with Crippen LogP contribution in [0.3, 0.4) is 0 Å². The molecule has 5 nitrogen and oxygen atoms in total. The molecule has 0 aliphatic heterocycles. The van der Waals surface area contributed by atoms with Gasteiger partial charge in [0, 0.05) is 18.0 Å². The van der Waals surface area contributed by atoms with Gasteiger partial charge >= 0.3 is 0 Å². The molecule has 2 aromatic carbocycles. The SMILES string of the molecule is CCOc1ccc(CC(=O)N(CC)Cc2ccc(OCc3cccs3)c(OC)c2)cc1. The van der Waals surface area contributed by atoms with Gasteiger partial charge in [-0.3, -0.25) is 4.79 Å². The van der Waals surface area contributed by atoms with Gasteiger partial charge in [0.2, 0.25) is 5.91 Å². The summed E-state index contributed by atoms with van der Waals surface area (Å²) in [5.41, 5.74) is 1.98. The fourth-order valence-corrected chi connectivity index (χ4v) is 3.84. The lowest BCUT2D eigenvalue weighted by Crippen LogP contribution is -2.31. The van der Waals surface area contributed by atoms with Gasteiger partial charge in [0.25, 0.3) is 0 Å². The minimum absolute atomic E-state index is 0.0867. The van der Waals surface area contributed by atoms with Crippen LogP contribution in [0.1, 0.15) is 29.9 Å². The fourth-order valence-electron chi connectivity index (χ4n) is 3.23. The summed E-state index contributed by atoms with van der Waals surface area (Å²) >= 11 is 1.66. The van der Waals surface area contributed by atoms with Crippen LogP contribution >= 0.6 is 11.3 Å². The van der Waals surface area contributed by atoms with Crippen molar-refractivity contribution in [1.82, 2.24) is 4.90 Å². The molecule has 0 aliphatic carbocycles. The monoisotopic (exact) mass is 439 g/mol. The summed E-state index contributed by atoms with van der Waals surface area (Å²) in [6, 6.07) is 17.6. The van der Waals surface area contributed by atoms with E-state index in [2.05, 4.69) is 0 Å². The van der Waals surface area contributed by atoms with Crippen molar-refractivity contribution in [2.45, 2.75) is 33.4 Å². The minimum atomic E-state index is 0.0867. The third kappa shape index (κ3) is 6.49. The Hall–Kier alpha value is -2.99. The second kappa shape index (κ2) is 11.4. The van der Waals surface area contributed by atoms with E-state index in [1.54, 1.807) is 18.4 Å². The predicted octanol–water partition coefficient (Wildman–Crippen LogP) is 5.33. The predicted molar refractivity (Wildman–Crippen MR) is 124 cm³/mol. The Morgan fingerprint density at radius 1 is 0.968 bits per heavy atom. The number of thiophene rings is 1. The highest BCUT2D eigenvalue weighted by atomic mass is 32.1. The summed E-state index contributed by atoms with van der Waals surface area (Å²) in [7, 11) is 1.63. The molecule has 1 aromatic heterocycles. The maximum absolute atomic E-state index is 12.9. The largest absolute Gasteiger partial charge is 0.494 e. The number of benzene rings is 2. The Morgan fingerprint density at radius 2 is 1.74 bits per heavy atom. The van der Waals surface area contributed by atoms with Gasteiger partial charge in [-0.25, -0.2) is 0 Å². The van der Waals surface area contributed by atoms with Gasteiger partial charge in [-0.15, -0.1) is 11.3 Å². The Bertz CT molecular complexity index is 954. The lowest BCUT2D eigenvalue weighted by molar-refractivity contribution is -0.130. The average Bonchev–Trinajstić information content (AvgIpc) is 3.31. The number of ether oxygens (including phenoxy) is 3. The number of hydrogen-bond acceptors (Lipinski definition) is 5. The highest BCUT2D eigenvalue weighted by Gasteiger charge is 2.15. The summed E-state index contributed by atoms with van der Waals surface area (Å²) in [6.07, 6.45) is 0.361. The zero-order valence-corrected chi connectivity index (χ0v) is 19.1. The van der Waals surface area contributed by atoms with Crippen molar-refractivity contribution in [1.29, 1.82) is 0 Å². The van der Waals surface area contributed by atoms with Crippen LogP contribution in [0.2, 0.25) is 0 Å². The summed E-state index contributed by atoms with van der Waals surface area (Å²) in [4.78, 5) is 15.9. The number of methoxy groups -OCH3 is 1. The molecule has 0 unspecified atom stereocenters. The summed E-state index contributed by atoms with van der Waals surface area (Å²) < 4.78 is 16.9.